The van der Waals surface area contributed by atoms with Crippen LogP contribution in [0, 0.1) is 0 Å². The van der Waals surface area contributed by atoms with Crippen molar-refractivity contribution in [3.8, 4) is 5.69 Å². The molecule has 1 amide bonds. The molecule has 0 radical (unpaired) electrons. The number of ether oxygens (including phenoxy) is 1. The van der Waals surface area contributed by atoms with Gasteiger partial charge in [0.2, 0.25) is 0 Å². The zero-order valence-electron chi connectivity index (χ0n) is 15.0. The van der Waals surface area contributed by atoms with Crippen LogP contribution in [-0.2, 0) is 22.3 Å². The highest BCUT2D eigenvalue weighted by Gasteiger charge is 2.33. The van der Waals surface area contributed by atoms with Gasteiger partial charge in [-0.1, -0.05) is 30.3 Å². The monoisotopic (exact) mass is 403 g/mol. The van der Waals surface area contributed by atoms with Crippen molar-refractivity contribution in [1.82, 2.24) is 15.1 Å². The molecule has 1 N–H and O–H groups in total. The highest BCUT2D eigenvalue weighted by Crippen LogP contribution is 2.27. The van der Waals surface area contributed by atoms with Crippen molar-refractivity contribution < 1.29 is 27.5 Å². The van der Waals surface area contributed by atoms with Crippen molar-refractivity contribution in [2.45, 2.75) is 12.8 Å². The first kappa shape index (κ1) is 20.1. The van der Waals surface area contributed by atoms with E-state index in [1.54, 1.807) is 0 Å². The molecule has 0 aliphatic rings. The molecule has 0 aliphatic carbocycles. The van der Waals surface area contributed by atoms with Crippen molar-refractivity contribution >= 4 is 11.9 Å². The fraction of sp³-hybridized carbons (Fsp3) is 0.150. The van der Waals surface area contributed by atoms with Crippen molar-refractivity contribution in [1.29, 1.82) is 0 Å². The minimum absolute atomic E-state index is 0.105. The molecule has 0 aliphatic heterocycles. The van der Waals surface area contributed by atoms with Gasteiger partial charge in [-0.3, -0.25) is 9.59 Å². The first-order valence-electron chi connectivity index (χ1n) is 8.54. The molecule has 0 saturated carbocycles. The van der Waals surface area contributed by atoms with Crippen LogP contribution in [-0.4, -0.2) is 28.2 Å². The molecule has 3 rings (SSSR count). The number of carbonyl (C=O) groups is 2. The van der Waals surface area contributed by atoms with Crippen LogP contribution in [0.1, 0.15) is 21.6 Å². The van der Waals surface area contributed by atoms with Crippen molar-refractivity contribution in [2.75, 3.05) is 6.54 Å². The summed E-state index contributed by atoms with van der Waals surface area (Å²) in [6.45, 7) is -0.199. The molecule has 0 spiro atoms. The highest BCUT2D eigenvalue weighted by atomic mass is 19.4. The molecule has 1 aromatic heterocycles. The second-order valence-corrected chi connectivity index (χ2v) is 6.02. The molecular formula is C20H16F3N3O3. The van der Waals surface area contributed by atoms with Crippen molar-refractivity contribution in [3.05, 3.63) is 83.7 Å². The minimum atomic E-state index is -4.53. The van der Waals surface area contributed by atoms with Crippen LogP contribution >= 0.6 is 0 Å². The molecule has 2 aromatic carbocycles. The standard InChI is InChI=1S/C20H16F3N3O3/c21-20(22,23)17-10-11-26(25-17)16-8-6-15(7-9-16)19(28)24-12-18(27)29-13-14-4-2-1-3-5-14/h1-11H,12-13H2,(H,24,28). The summed E-state index contributed by atoms with van der Waals surface area (Å²) in [6.07, 6.45) is -3.35. The van der Waals surface area contributed by atoms with E-state index in [0.29, 0.717) is 5.69 Å². The topological polar surface area (TPSA) is 73.2 Å². The number of carbonyl (C=O) groups excluding carboxylic acids is 2. The van der Waals surface area contributed by atoms with E-state index >= 15 is 0 Å². The van der Waals surface area contributed by atoms with Crippen LogP contribution in [0.3, 0.4) is 0 Å². The number of esters is 1. The summed E-state index contributed by atoms with van der Waals surface area (Å²) in [5.74, 6) is -1.10. The Morgan fingerprint density at radius 3 is 2.31 bits per heavy atom. The SMILES string of the molecule is O=C(CNC(=O)c1ccc(-n2ccc(C(F)(F)F)n2)cc1)OCc1ccccc1. The molecule has 0 saturated heterocycles. The molecule has 3 aromatic rings. The summed E-state index contributed by atoms with van der Waals surface area (Å²) >= 11 is 0. The second-order valence-electron chi connectivity index (χ2n) is 6.02. The van der Waals surface area contributed by atoms with Crippen LogP contribution in [0.2, 0.25) is 0 Å². The summed E-state index contributed by atoms with van der Waals surface area (Å²) in [5.41, 5.74) is 0.426. The summed E-state index contributed by atoms with van der Waals surface area (Å²) in [4.78, 5) is 23.9. The second kappa shape index (κ2) is 8.59. The van der Waals surface area contributed by atoms with Gasteiger partial charge in [0.15, 0.2) is 5.69 Å². The first-order valence-corrected chi connectivity index (χ1v) is 8.54. The molecule has 6 nitrogen and oxygen atoms in total. The number of aromatic nitrogens is 2. The highest BCUT2D eigenvalue weighted by molar-refractivity contribution is 5.96. The van der Waals surface area contributed by atoms with Gasteiger partial charge in [-0.2, -0.15) is 18.3 Å². The Hall–Kier alpha value is -3.62. The van der Waals surface area contributed by atoms with Crippen LogP contribution < -0.4 is 5.32 Å². The molecular weight excluding hydrogens is 387 g/mol. The molecule has 0 bridgehead atoms. The molecule has 9 heteroatoms. The fourth-order valence-corrected chi connectivity index (χ4v) is 2.43. The third-order valence-corrected chi connectivity index (χ3v) is 3.91. The predicted molar refractivity (Wildman–Crippen MR) is 97.1 cm³/mol. The molecule has 29 heavy (non-hydrogen) atoms. The van der Waals surface area contributed by atoms with Crippen molar-refractivity contribution in [2.24, 2.45) is 0 Å². The lowest BCUT2D eigenvalue weighted by Gasteiger charge is -2.08. The molecule has 1 heterocycles. The van der Waals surface area contributed by atoms with E-state index in [4.69, 9.17) is 4.74 Å². The van der Waals surface area contributed by atoms with Gasteiger partial charge in [0.1, 0.15) is 13.2 Å². The zero-order chi connectivity index (χ0) is 20.9. The number of rotatable bonds is 6. The van der Waals surface area contributed by atoms with Crippen LogP contribution in [0.5, 0.6) is 0 Å². The van der Waals surface area contributed by atoms with E-state index in [9.17, 15) is 22.8 Å². The van der Waals surface area contributed by atoms with Gasteiger partial charge >= 0.3 is 12.1 Å². The number of hydrogen-bond donors (Lipinski definition) is 1. The maximum atomic E-state index is 12.6. The van der Waals surface area contributed by atoms with Gasteiger partial charge in [0.25, 0.3) is 5.91 Å². The van der Waals surface area contributed by atoms with Gasteiger partial charge < -0.3 is 10.1 Å². The number of nitrogens with one attached hydrogen (secondary N) is 1. The zero-order valence-corrected chi connectivity index (χ0v) is 15.0. The average Bonchev–Trinajstić information content (AvgIpc) is 3.22. The maximum absolute atomic E-state index is 12.6. The third kappa shape index (κ3) is 5.44. The van der Waals surface area contributed by atoms with Gasteiger partial charge in [0, 0.05) is 11.8 Å². The van der Waals surface area contributed by atoms with E-state index in [-0.39, 0.29) is 18.7 Å². The van der Waals surface area contributed by atoms with Gasteiger partial charge in [-0.05, 0) is 35.9 Å². The molecule has 0 fully saturated rings. The Balaban J connectivity index is 1.52. The van der Waals surface area contributed by atoms with Crippen LogP contribution in [0.4, 0.5) is 13.2 Å². The Morgan fingerprint density at radius 2 is 1.69 bits per heavy atom. The van der Waals surface area contributed by atoms with E-state index in [0.717, 1.165) is 16.3 Å². The van der Waals surface area contributed by atoms with E-state index < -0.39 is 23.7 Å². The lowest BCUT2D eigenvalue weighted by Crippen LogP contribution is -2.30. The van der Waals surface area contributed by atoms with E-state index in [2.05, 4.69) is 10.4 Å². The molecule has 0 unspecified atom stereocenters. The van der Waals surface area contributed by atoms with E-state index in [1.165, 1.54) is 30.5 Å². The lowest BCUT2D eigenvalue weighted by molar-refractivity contribution is -0.143. The third-order valence-electron chi connectivity index (χ3n) is 3.91. The summed E-state index contributed by atoms with van der Waals surface area (Å²) in [6, 6.07) is 15.7. The number of alkyl halides is 3. The van der Waals surface area contributed by atoms with Crippen molar-refractivity contribution in [3.63, 3.8) is 0 Å². The molecule has 0 atom stereocenters. The summed E-state index contributed by atoms with van der Waals surface area (Å²) < 4.78 is 44.0. The van der Waals surface area contributed by atoms with Crippen LogP contribution in [0.25, 0.3) is 5.69 Å². The largest absolute Gasteiger partial charge is 0.460 e. The lowest BCUT2D eigenvalue weighted by atomic mass is 10.2. The number of nitrogens with zero attached hydrogens (tertiary/aromatic N) is 2. The number of halogens is 3. The number of benzene rings is 2. The van der Waals surface area contributed by atoms with Gasteiger partial charge in [-0.15, -0.1) is 0 Å². The van der Waals surface area contributed by atoms with Gasteiger partial charge in [0.05, 0.1) is 5.69 Å². The normalized spacial score (nSPS) is 11.1. The summed E-state index contributed by atoms with van der Waals surface area (Å²) in [7, 11) is 0. The number of amides is 1. The van der Waals surface area contributed by atoms with Crippen LogP contribution in [0.15, 0.2) is 66.9 Å². The summed E-state index contributed by atoms with van der Waals surface area (Å²) in [5, 5.41) is 5.89. The smallest absolute Gasteiger partial charge is 0.435 e. The maximum Gasteiger partial charge on any atom is 0.435 e. The Morgan fingerprint density at radius 1 is 1.00 bits per heavy atom. The van der Waals surface area contributed by atoms with Gasteiger partial charge in [-0.25, -0.2) is 4.68 Å². The Kier molecular flexibility index (Phi) is 5.96. The number of hydrogen-bond acceptors (Lipinski definition) is 4. The Labute approximate surface area is 163 Å². The molecule has 150 valence electrons. The Bertz CT molecular complexity index is 983. The average molecular weight is 403 g/mol. The first-order chi connectivity index (χ1) is 13.8. The minimum Gasteiger partial charge on any atom is -0.460 e. The predicted octanol–water partition coefficient (Wildman–Crippen LogP) is 3.36. The van der Waals surface area contributed by atoms with E-state index in [1.807, 2.05) is 30.3 Å². The fourth-order valence-electron chi connectivity index (χ4n) is 2.43. The quantitative estimate of drug-likeness (QED) is 0.641.